The number of carbonyl (C=O) groups excluding carboxylic acids is 1. The monoisotopic (exact) mass is 474 g/mol. The summed E-state index contributed by atoms with van der Waals surface area (Å²) in [6.45, 7) is 4.44. The molecule has 2 heterocycles. The molecule has 0 spiro atoms. The van der Waals surface area contributed by atoms with Gasteiger partial charge >= 0.3 is 0 Å². The third-order valence-electron chi connectivity index (χ3n) is 5.76. The molecule has 2 aromatic heterocycles. The third kappa shape index (κ3) is 5.33. The number of rotatable bonds is 7. The second-order valence-electron chi connectivity index (χ2n) is 8.56. The molecule has 3 aromatic carbocycles. The van der Waals surface area contributed by atoms with Gasteiger partial charge in [0.1, 0.15) is 18.2 Å². The van der Waals surface area contributed by atoms with Gasteiger partial charge in [0.2, 0.25) is 5.91 Å². The highest BCUT2D eigenvalue weighted by atomic mass is 16.5. The van der Waals surface area contributed by atoms with Crippen molar-refractivity contribution in [3.05, 3.63) is 119 Å². The van der Waals surface area contributed by atoms with E-state index in [1.807, 2.05) is 105 Å². The van der Waals surface area contributed by atoms with E-state index >= 15 is 0 Å². The Morgan fingerprint density at radius 1 is 0.944 bits per heavy atom. The first kappa shape index (κ1) is 23.1. The summed E-state index contributed by atoms with van der Waals surface area (Å²) in [6.07, 6.45) is 3.27. The van der Waals surface area contributed by atoms with Gasteiger partial charge in [0, 0.05) is 17.5 Å². The van der Waals surface area contributed by atoms with E-state index in [1.54, 1.807) is 10.8 Å². The van der Waals surface area contributed by atoms with Crippen molar-refractivity contribution in [3.8, 4) is 11.6 Å². The largest absolute Gasteiger partial charge is 0.489 e. The molecule has 1 N–H and O–H groups in total. The van der Waals surface area contributed by atoms with Gasteiger partial charge < -0.3 is 10.1 Å². The molecule has 6 heteroatoms. The maximum Gasteiger partial charge on any atom is 0.249 e. The molecule has 0 atom stereocenters. The molecule has 6 nitrogen and oxygen atoms in total. The fraction of sp³-hybridized carbons (Fsp3) is 0.100. The SMILES string of the molecule is Cc1cc(NC(=O)/C=C/c2ccc(OCc3ccccc3)cc2)n(-c2cc(C)c3ccccc3n2)n1. The van der Waals surface area contributed by atoms with E-state index in [4.69, 9.17) is 9.72 Å². The average molecular weight is 475 g/mol. The van der Waals surface area contributed by atoms with Crippen LogP contribution >= 0.6 is 0 Å². The van der Waals surface area contributed by atoms with Gasteiger partial charge in [0.25, 0.3) is 0 Å². The Labute approximate surface area is 209 Å². The summed E-state index contributed by atoms with van der Waals surface area (Å²) in [5.41, 5.74) is 4.77. The maximum absolute atomic E-state index is 12.7. The van der Waals surface area contributed by atoms with Crippen LogP contribution in [0.4, 0.5) is 5.82 Å². The van der Waals surface area contributed by atoms with E-state index < -0.39 is 0 Å². The van der Waals surface area contributed by atoms with E-state index in [0.29, 0.717) is 18.2 Å². The Hall–Kier alpha value is -4.71. The van der Waals surface area contributed by atoms with E-state index in [0.717, 1.165) is 39.0 Å². The highest BCUT2D eigenvalue weighted by molar-refractivity contribution is 6.01. The number of hydrogen-bond acceptors (Lipinski definition) is 4. The van der Waals surface area contributed by atoms with Crippen molar-refractivity contribution < 1.29 is 9.53 Å². The summed E-state index contributed by atoms with van der Waals surface area (Å²) in [4.78, 5) is 17.4. The molecule has 5 aromatic rings. The van der Waals surface area contributed by atoms with Crippen LogP contribution in [0.3, 0.4) is 0 Å². The first-order valence-electron chi connectivity index (χ1n) is 11.7. The molecule has 36 heavy (non-hydrogen) atoms. The molecule has 1 amide bonds. The fourth-order valence-corrected chi connectivity index (χ4v) is 3.96. The van der Waals surface area contributed by atoms with E-state index in [1.165, 1.54) is 6.08 Å². The summed E-state index contributed by atoms with van der Waals surface area (Å²) >= 11 is 0. The number of amides is 1. The summed E-state index contributed by atoms with van der Waals surface area (Å²) < 4.78 is 7.49. The maximum atomic E-state index is 12.7. The number of para-hydroxylation sites is 1. The van der Waals surface area contributed by atoms with Crippen LogP contribution in [-0.2, 0) is 11.4 Å². The molecule has 0 fully saturated rings. The number of nitrogens with one attached hydrogen (secondary N) is 1. The van der Waals surface area contributed by atoms with E-state index in [2.05, 4.69) is 10.4 Å². The number of aromatic nitrogens is 3. The molecule has 0 unspecified atom stereocenters. The molecule has 0 bridgehead atoms. The molecule has 5 rings (SSSR count). The van der Waals surface area contributed by atoms with Gasteiger partial charge in [-0.3, -0.25) is 4.79 Å². The number of ether oxygens (including phenoxy) is 1. The number of anilines is 1. The topological polar surface area (TPSA) is 69.0 Å². The lowest BCUT2D eigenvalue weighted by Crippen LogP contribution is -2.13. The lowest BCUT2D eigenvalue weighted by atomic mass is 10.1. The lowest BCUT2D eigenvalue weighted by Gasteiger charge is -2.10. The number of fused-ring (bicyclic) bond motifs is 1. The average Bonchev–Trinajstić information content (AvgIpc) is 3.27. The van der Waals surface area contributed by atoms with Crippen molar-refractivity contribution in [2.45, 2.75) is 20.5 Å². The normalized spacial score (nSPS) is 11.2. The van der Waals surface area contributed by atoms with Crippen LogP contribution in [0.2, 0.25) is 0 Å². The van der Waals surface area contributed by atoms with Crippen LogP contribution in [0.5, 0.6) is 5.75 Å². The first-order chi connectivity index (χ1) is 17.5. The van der Waals surface area contributed by atoms with Gasteiger partial charge in [-0.1, -0.05) is 60.7 Å². The fourth-order valence-electron chi connectivity index (χ4n) is 3.96. The standard InChI is InChI=1S/C30H26N4O2/c1-21-18-28(31-27-11-7-6-10-26(21)27)34-29(19-22(2)33-34)32-30(35)17-14-23-12-15-25(16-13-23)36-20-24-8-4-3-5-9-24/h3-19H,20H2,1-2H3,(H,32,35)/b17-14+. The van der Waals surface area contributed by atoms with Crippen LogP contribution in [0, 0.1) is 13.8 Å². The van der Waals surface area contributed by atoms with Crippen molar-refractivity contribution in [1.82, 2.24) is 14.8 Å². The molecule has 0 radical (unpaired) electrons. The summed E-state index contributed by atoms with van der Waals surface area (Å²) in [6, 6.07) is 29.4. The van der Waals surface area contributed by atoms with Crippen molar-refractivity contribution >= 4 is 28.7 Å². The van der Waals surface area contributed by atoms with Crippen LogP contribution in [-0.4, -0.2) is 20.7 Å². The van der Waals surface area contributed by atoms with Crippen LogP contribution in [0.25, 0.3) is 22.8 Å². The molecular weight excluding hydrogens is 448 g/mol. The molecule has 0 saturated carbocycles. The Morgan fingerprint density at radius 2 is 1.69 bits per heavy atom. The zero-order valence-electron chi connectivity index (χ0n) is 20.2. The number of hydrogen-bond donors (Lipinski definition) is 1. The minimum Gasteiger partial charge on any atom is -0.489 e. The smallest absolute Gasteiger partial charge is 0.249 e. The highest BCUT2D eigenvalue weighted by Crippen LogP contribution is 2.22. The molecule has 0 aliphatic rings. The Balaban J connectivity index is 1.26. The number of benzene rings is 3. The van der Waals surface area contributed by atoms with Crippen LogP contribution in [0.1, 0.15) is 22.4 Å². The zero-order valence-corrected chi connectivity index (χ0v) is 20.2. The van der Waals surface area contributed by atoms with Gasteiger partial charge in [-0.05, 0) is 60.9 Å². The number of pyridine rings is 1. The Bertz CT molecular complexity index is 1540. The molecule has 0 aliphatic heterocycles. The number of aryl methyl sites for hydroxylation is 2. The molecule has 0 saturated heterocycles. The van der Waals surface area contributed by atoms with Gasteiger partial charge in [-0.15, -0.1) is 0 Å². The van der Waals surface area contributed by atoms with Gasteiger partial charge in [0.05, 0.1) is 11.2 Å². The summed E-state index contributed by atoms with van der Waals surface area (Å²) in [5.74, 6) is 1.75. The summed E-state index contributed by atoms with van der Waals surface area (Å²) in [5, 5.41) is 8.57. The second-order valence-corrected chi connectivity index (χ2v) is 8.56. The van der Waals surface area contributed by atoms with Crippen molar-refractivity contribution in [2.24, 2.45) is 0 Å². The highest BCUT2D eigenvalue weighted by Gasteiger charge is 2.12. The molecular formula is C30H26N4O2. The zero-order chi connectivity index (χ0) is 24.9. The number of nitrogens with zero attached hydrogens (tertiary/aromatic N) is 3. The van der Waals surface area contributed by atoms with Crippen molar-refractivity contribution in [1.29, 1.82) is 0 Å². The van der Waals surface area contributed by atoms with Crippen LogP contribution in [0.15, 0.2) is 97.1 Å². The minimum atomic E-state index is -0.252. The van der Waals surface area contributed by atoms with E-state index in [9.17, 15) is 4.79 Å². The van der Waals surface area contributed by atoms with Gasteiger partial charge in [-0.2, -0.15) is 9.78 Å². The third-order valence-corrected chi connectivity index (χ3v) is 5.76. The van der Waals surface area contributed by atoms with Gasteiger partial charge in [0.15, 0.2) is 5.82 Å². The first-order valence-corrected chi connectivity index (χ1v) is 11.7. The second kappa shape index (κ2) is 10.3. The van der Waals surface area contributed by atoms with Crippen molar-refractivity contribution in [2.75, 3.05) is 5.32 Å². The van der Waals surface area contributed by atoms with Crippen molar-refractivity contribution in [3.63, 3.8) is 0 Å². The Kier molecular flexibility index (Phi) is 6.58. The Morgan fingerprint density at radius 3 is 2.50 bits per heavy atom. The lowest BCUT2D eigenvalue weighted by molar-refractivity contribution is -0.111. The molecule has 0 aliphatic carbocycles. The quantitative estimate of drug-likeness (QED) is 0.282. The van der Waals surface area contributed by atoms with Gasteiger partial charge in [-0.25, -0.2) is 4.98 Å². The predicted octanol–water partition coefficient (Wildman–Crippen LogP) is 6.27. The number of carbonyl (C=O) groups is 1. The summed E-state index contributed by atoms with van der Waals surface area (Å²) in [7, 11) is 0. The van der Waals surface area contributed by atoms with E-state index in [-0.39, 0.29) is 5.91 Å². The minimum absolute atomic E-state index is 0.252. The molecule has 178 valence electrons. The van der Waals surface area contributed by atoms with Crippen LogP contribution < -0.4 is 10.1 Å². The predicted molar refractivity (Wildman–Crippen MR) is 143 cm³/mol.